The van der Waals surface area contributed by atoms with Crippen LogP contribution in [-0.2, 0) is 17.6 Å². The van der Waals surface area contributed by atoms with Crippen molar-refractivity contribution < 1.29 is 9.53 Å². The van der Waals surface area contributed by atoms with Gasteiger partial charge in [-0.2, -0.15) is 0 Å². The van der Waals surface area contributed by atoms with Crippen molar-refractivity contribution in [2.45, 2.75) is 51.7 Å². The highest BCUT2D eigenvalue weighted by molar-refractivity contribution is 5.68. The molecule has 1 aliphatic carbocycles. The number of rotatable bonds is 1. The Morgan fingerprint density at radius 3 is 3.06 bits per heavy atom. The third-order valence-electron chi connectivity index (χ3n) is 2.71. The first-order valence-electron chi connectivity index (χ1n) is 5.95. The van der Waals surface area contributed by atoms with E-state index in [4.69, 9.17) is 4.74 Å². The van der Waals surface area contributed by atoms with E-state index in [1.807, 2.05) is 20.8 Å². The first-order valence-corrected chi connectivity index (χ1v) is 5.95. The monoisotopic (exact) mass is 237 g/mol. The maximum Gasteiger partial charge on any atom is 0.407 e. The maximum absolute atomic E-state index is 11.6. The number of amides is 1. The molecule has 0 saturated heterocycles. The number of alkyl carbamates (subject to hydrolysis) is 1. The van der Waals surface area contributed by atoms with E-state index in [2.05, 4.69) is 15.3 Å². The molecule has 17 heavy (non-hydrogen) atoms. The number of aromatic amines is 1. The normalized spacial score (nSPS) is 19.6. The highest BCUT2D eigenvalue weighted by Gasteiger charge is 2.24. The van der Waals surface area contributed by atoms with E-state index in [9.17, 15) is 4.79 Å². The van der Waals surface area contributed by atoms with Gasteiger partial charge < -0.3 is 15.0 Å². The third-order valence-corrected chi connectivity index (χ3v) is 2.71. The lowest BCUT2D eigenvalue weighted by molar-refractivity contribution is 0.0500. The number of aromatic nitrogens is 2. The van der Waals surface area contributed by atoms with Crippen LogP contribution in [0.15, 0.2) is 6.33 Å². The Balaban J connectivity index is 1.88. The van der Waals surface area contributed by atoms with Crippen LogP contribution in [0.25, 0.3) is 0 Å². The number of ether oxygens (including phenoxy) is 1. The van der Waals surface area contributed by atoms with E-state index >= 15 is 0 Å². The number of H-pyrrole nitrogens is 1. The predicted molar refractivity (Wildman–Crippen MR) is 63.8 cm³/mol. The van der Waals surface area contributed by atoms with Crippen molar-refractivity contribution >= 4 is 6.09 Å². The van der Waals surface area contributed by atoms with Gasteiger partial charge in [0.25, 0.3) is 0 Å². The number of fused-ring (bicyclic) bond motifs is 1. The SMILES string of the molecule is CC(C)(C)OC(=O)NC1CCc2nc[nH]c2C1. The molecule has 5 heteroatoms. The molecule has 1 unspecified atom stereocenters. The van der Waals surface area contributed by atoms with Gasteiger partial charge in [-0.05, 0) is 33.6 Å². The van der Waals surface area contributed by atoms with E-state index in [0.717, 1.165) is 30.7 Å². The van der Waals surface area contributed by atoms with Crippen LogP contribution in [0.2, 0.25) is 0 Å². The standard InChI is InChI=1S/C12H19N3O2/c1-12(2,3)17-11(16)15-8-4-5-9-10(6-8)14-7-13-9/h7-8H,4-6H2,1-3H3,(H,13,14)(H,15,16). The molecular weight excluding hydrogens is 218 g/mol. The molecule has 1 atom stereocenters. The Bertz CT molecular complexity index is 406. The van der Waals surface area contributed by atoms with Gasteiger partial charge in [0.15, 0.2) is 0 Å². The van der Waals surface area contributed by atoms with Gasteiger partial charge in [-0.1, -0.05) is 0 Å². The van der Waals surface area contributed by atoms with Crippen LogP contribution in [0.5, 0.6) is 0 Å². The summed E-state index contributed by atoms with van der Waals surface area (Å²) in [7, 11) is 0. The number of hydrogen-bond acceptors (Lipinski definition) is 3. The minimum Gasteiger partial charge on any atom is -0.444 e. The predicted octanol–water partition coefficient (Wildman–Crippen LogP) is 1.79. The minimum atomic E-state index is -0.447. The summed E-state index contributed by atoms with van der Waals surface area (Å²) in [5.74, 6) is 0. The second-order valence-corrected chi connectivity index (χ2v) is 5.41. The van der Waals surface area contributed by atoms with E-state index in [0.29, 0.717) is 0 Å². The van der Waals surface area contributed by atoms with Crippen LogP contribution in [0.3, 0.4) is 0 Å². The fourth-order valence-electron chi connectivity index (χ4n) is 2.00. The van der Waals surface area contributed by atoms with E-state index in [1.54, 1.807) is 6.33 Å². The molecule has 0 radical (unpaired) electrons. The van der Waals surface area contributed by atoms with Crippen molar-refractivity contribution in [3.8, 4) is 0 Å². The number of hydrogen-bond donors (Lipinski definition) is 2. The molecule has 1 aromatic rings. The molecule has 5 nitrogen and oxygen atoms in total. The minimum absolute atomic E-state index is 0.137. The van der Waals surface area contributed by atoms with Gasteiger partial charge in [0.05, 0.1) is 12.0 Å². The molecule has 2 rings (SSSR count). The average Bonchev–Trinajstić information content (AvgIpc) is 2.61. The fraction of sp³-hybridized carbons (Fsp3) is 0.667. The van der Waals surface area contributed by atoms with Crippen molar-refractivity contribution in [2.24, 2.45) is 0 Å². The molecule has 0 aliphatic heterocycles. The zero-order chi connectivity index (χ0) is 12.5. The Labute approximate surface area is 101 Å². The van der Waals surface area contributed by atoms with Crippen LogP contribution >= 0.6 is 0 Å². The zero-order valence-corrected chi connectivity index (χ0v) is 10.5. The van der Waals surface area contributed by atoms with Crippen LogP contribution in [0, 0.1) is 0 Å². The Kier molecular flexibility index (Phi) is 3.09. The van der Waals surface area contributed by atoms with Crippen molar-refractivity contribution in [2.75, 3.05) is 0 Å². The Morgan fingerprint density at radius 1 is 1.59 bits per heavy atom. The average molecular weight is 237 g/mol. The fourth-order valence-corrected chi connectivity index (χ4v) is 2.00. The van der Waals surface area contributed by atoms with Gasteiger partial charge in [-0.3, -0.25) is 0 Å². The molecule has 0 bridgehead atoms. The van der Waals surface area contributed by atoms with Gasteiger partial charge in [0.1, 0.15) is 5.60 Å². The summed E-state index contributed by atoms with van der Waals surface area (Å²) in [6.45, 7) is 5.58. The molecule has 2 N–H and O–H groups in total. The Hall–Kier alpha value is -1.52. The van der Waals surface area contributed by atoms with E-state index in [-0.39, 0.29) is 12.1 Å². The lowest BCUT2D eigenvalue weighted by Gasteiger charge is -2.25. The highest BCUT2D eigenvalue weighted by Crippen LogP contribution is 2.18. The topological polar surface area (TPSA) is 67.0 Å². The van der Waals surface area contributed by atoms with Crippen molar-refractivity contribution in [1.29, 1.82) is 0 Å². The van der Waals surface area contributed by atoms with E-state index in [1.165, 1.54) is 0 Å². The van der Waals surface area contributed by atoms with Crippen molar-refractivity contribution in [3.63, 3.8) is 0 Å². The van der Waals surface area contributed by atoms with Crippen LogP contribution in [0.1, 0.15) is 38.6 Å². The quantitative estimate of drug-likeness (QED) is 0.782. The van der Waals surface area contributed by atoms with Gasteiger partial charge in [-0.25, -0.2) is 9.78 Å². The molecule has 0 spiro atoms. The van der Waals surface area contributed by atoms with Gasteiger partial charge in [-0.15, -0.1) is 0 Å². The molecule has 94 valence electrons. The van der Waals surface area contributed by atoms with Crippen LogP contribution in [0.4, 0.5) is 4.79 Å². The van der Waals surface area contributed by atoms with Gasteiger partial charge >= 0.3 is 6.09 Å². The second kappa shape index (κ2) is 4.39. The smallest absolute Gasteiger partial charge is 0.407 e. The maximum atomic E-state index is 11.6. The lowest BCUT2D eigenvalue weighted by Crippen LogP contribution is -2.41. The first-order chi connectivity index (χ1) is 7.94. The van der Waals surface area contributed by atoms with Crippen LogP contribution in [-0.4, -0.2) is 27.7 Å². The number of carbonyl (C=O) groups excluding carboxylic acids is 1. The third kappa shape index (κ3) is 3.22. The molecule has 1 aromatic heterocycles. The second-order valence-electron chi connectivity index (χ2n) is 5.41. The van der Waals surface area contributed by atoms with E-state index < -0.39 is 5.60 Å². The number of imidazole rings is 1. The molecule has 1 aliphatic rings. The van der Waals surface area contributed by atoms with Crippen molar-refractivity contribution in [3.05, 3.63) is 17.7 Å². The summed E-state index contributed by atoms with van der Waals surface area (Å²) in [6, 6.07) is 0.137. The van der Waals surface area contributed by atoms with Crippen molar-refractivity contribution in [1.82, 2.24) is 15.3 Å². The largest absolute Gasteiger partial charge is 0.444 e. The Morgan fingerprint density at radius 2 is 2.35 bits per heavy atom. The molecule has 1 heterocycles. The van der Waals surface area contributed by atoms with Gasteiger partial charge in [0, 0.05) is 18.2 Å². The summed E-state index contributed by atoms with van der Waals surface area (Å²) in [5, 5.41) is 2.90. The summed E-state index contributed by atoms with van der Waals surface area (Å²) in [5.41, 5.74) is 1.79. The molecule has 0 saturated carbocycles. The zero-order valence-electron chi connectivity index (χ0n) is 10.5. The number of carbonyl (C=O) groups is 1. The van der Waals surface area contributed by atoms with Crippen LogP contribution < -0.4 is 5.32 Å². The summed E-state index contributed by atoms with van der Waals surface area (Å²) >= 11 is 0. The number of aryl methyl sites for hydroxylation is 1. The molecule has 0 fully saturated rings. The van der Waals surface area contributed by atoms with Gasteiger partial charge in [0.2, 0.25) is 0 Å². The summed E-state index contributed by atoms with van der Waals surface area (Å²) in [4.78, 5) is 19.0. The lowest BCUT2D eigenvalue weighted by atomic mass is 9.96. The first kappa shape index (κ1) is 12.0. The molecule has 1 amide bonds. The number of nitrogens with zero attached hydrogens (tertiary/aromatic N) is 1. The summed E-state index contributed by atoms with van der Waals surface area (Å²) in [6.07, 6.45) is 3.98. The number of nitrogens with one attached hydrogen (secondary N) is 2. The molecule has 0 aromatic carbocycles. The highest BCUT2D eigenvalue weighted by atomic mass is 16.6. The summed E-state index contributed by atoms with van der Waals surface area (Å²) < 4.78 is 5.23. The molecular formula is C12H19N3O2.